The Bertz CT molecular complexity index is 302. The van der Waals surface area contributed by atoms with E-state index in [-0.39, 0.29) is 29.8 Å². The van der Waals surface area contributed by atoms with Crippen molar-refractivity contribution < 1.29 is 17.9 Å². The molecular formula is C9H17NO4S. The minimum atomic E-state index is -2.80. The van der Waals surface area contributed by atoms with Crippen LogP contribution in [0, 0.1) is 5.92 Å². The van der Waals surface area contributed by atoms with Crippen LogP contribution >= 0.6 is 0 Å². The van der Waals surface area contributed by atoms with Crippen LogP contribution in [0.2, 0.25) is 0 Å². The lowest BCUT2D eigenvalue weighted by molar-refractivity contribution is -0.0971. The van der Waals surface area contributed by atoms with Crippen LogP contribution in [0.1, 0.15) is 12.8 Å². The maximum atomic E-state index is 11.2. The third-order valence-corrected chi connectivity index (χ3v) is 4.74. The van der Waals surface area contributed by atoms with Crippen LogP contribution in [0.5, 0.6) is 0 Å². The van der Waals surface area contributed by atoms with Crippen molar-refractivity contribution >= 4 is 9.84 Å². The Morgan fingerprint density at radius 1 is 1.27 bits per heavy atom. The van der Waals surface area contributed by atoms with Gasteiger partial charge in [-0.25, -0.2) is 8.42 Å². The molecule has 15 heavy (non-hydrogen) atoms. The summed E-state index contributed by atoms with van der Waals surface area (Å²) in [5.41, 5.74) is 5.47. The molecule has 2 N–H and O–H groups in total. The molecule has 2 aliphatic rings. The van der Waals surface area contributed by atoms with Gasteiger partial charge in [0.1, 0.15) is 9.84 Å². The van der Waals surface area contributed by atoms with Gasteiger partial charge in [0.25, 0.3) is 0 Å². The highest BCUT2D eigenvalue weighted by atomic mass is 32.2. The van der Waals surface area contributed by atoms with Gasteiger partial charge in [0.2, 0.25) is 0 Å². The third kappa shape index (κ3) is 2.69. The van der Waals surface area contributed by atoms with Crippen LogP contribution in [0.3, 0.4) is 0 Å². The molecule has 0 spiro atoms. The van der Waals surface area contributed by atoms with Gasteiger partial charge in [0, 0.05) is 12.5 Å². The molecule has 2 fully saturated rings. The van der Waals surface area contributed by atoms with Gasteiger partial charge in [0.05, 0.1) is 24.2 Å². The summed E-state index contributed by atoms with van der Waals surface area (Å²) in [6.45, 7) is 0.992. The summed E-state index contributed by atoms with van der Waals surface area (Å²) in [6, 6.07) is 0. The van der Waals surface area contributed by atoms with E-state index in [9.17, 15) is 8.42 Å². The van der Waals surface area contributed by atoms with Crippen molar-refractivity contribution in [2.75, 3.05) is 24.7 Å². The monoisotopic (exact) mass is 235 g/mol. The SMILES string of the molecule is NCC1COC(C2CCS(=O)(=O)CC2)O1. The van der Waals surface area contributed by atoms with Crippen molar-refractivity contribution in [3.63, 3.8) is 0 Å². The minimum Gasteiger partial charge on any atom is -0.350 e. The van der Waals surface area contributed by atoms with Crippen molar-refractivity contribution in [2.45, 2.75) is 25.2 Å². The van der Waals surface area contributed by atoms with Gasteiger partial charge in [-0.15, -0.1) is 0 Å². The topological polar surface area (TPSA) is 78.6 Å². The number of nitrogens with two attached hydrogens (primary N) is 1. The fourth-order valence-electron chi connectivity index (χ4n) is 2.02. The van der Waals surface area contributed by atoms with E-state index in [1.165, 1.54) is 0 Å². The van der Waals surface area contributed by atoms with Crippen molar-refractivity contribution in [2.24, 2.45) is 11.7 Å². The van der Waals surface area contributed by atoms with Crippen molar-refractivity contribution in [1.82, 2.24) is 0 Å². The summed E-state index contributed by atoms with van der Waals surface area (Å²) >= 11 is 0. The van der Waals surface area contributed by atoms with Crippen LogP contribution in [0.4, 0.5) is 0 Å². The maximum absolute atomic E-state index is 11.2. The molecule has 2 aliphatic heterocycles. The highest BCUT2D eigenvalue weighted by Gasteiger charge is 2.35. The van der Waals surface area contributed by atoms with Crippen LogP contribution < -0.4 is 5.73 Å². The number of hydrogen-bond donors (Lipinski definition) is 1. The zero-order valence-electron chi connectivity index (χ0n) is 8.59. The van der Waals surface area contributed by atoms with E-state index >= 15 is 0 Å². The summed E-state index contributed by atoms with van der Waals surface area (Å²) in [5.74, 6) is 0.729. The van der Waals surface area contributed by atoms with E-state index in [1.54, 1.807) is 0 Å². The lowest BCUT2D eigenvalue weighted by Gasteiger charge is -2.26. The smallest absolute Gasteiger partial charge is 0.161 e. The van der Waals surface area contributed by atoms with Gasteiger partial charge in [0.15, 0.2) is 6.29 Å². The van der Waals surface area contributed by atoms with Crippen LogP contribution in [-0.4, -0.2) is 45.5 Å². The molecule has 2 unspecified atom stereocenters. The number of rotatable bonds is 2. The summed E-state index contributed by atoms with van der Waals surface area (Å²) in [7, 11) is -2.80. The molecule has 0 radical (unpaired) electrons. The Labute approximate surface area is 89.8 Å². The molecule has 2 atom stereocenters. The Morgan fingerprint density at radius 2 is 1.93 bits per heavy atom. The van der Waals surface area contributed by atoms with Crippen LogP contribution in [-0.2, 0) is 19.3 Å². The largest absolute Gasteiger partial charge is 0.350 e. The molecule has 0 aliphatic carbocycles. The van der Waals surface area contributed by atoms with Gasteiger partial charge in [-0.2, -0.15) is 0 Å². The van der Waals surface area contributed by atoms with E-state index in [4.69, 9.17) is 15.2 Å². The van der Waals surface area contributed by atoms with Gasteiger partial charge in [-0.05, 0) is 12.8 Å². The van der Waals surface area contributed by atoms with E-state index in [2.05, 4.69) is 0 Å². The number of sulfone groups is 1. The Balaban J connectivity index is 1.86. The van der Waals surface area contributed by atoms with E-state index in [1.807, 2.05) is 0 Å². The molecule has 0 saturated carbocycles. The highest BCUT2D eigenvalue weighted by molar-refractivity contribution is 7.91. The predicted molar refractivity (Wildman–Crippen MR) is 55.0 cm³/mol. The molecule has 0 amide bonds. The van der Waals surface area contributed by atoms with Crippen molar-refractivity contribution in [3.05, 3.63) is 0 Å². The number of ether oxygens (including phenoxy) is 2. The summed E-state index contributed by atoms with van der Waals surface area (Å²) in [6.07, 6.45) is 1.02. The van der Waals surface area contributed by atoms with Gasteiger partial charge in [-0.3, -0.25) is 0 Å². The summed E-state index contributed by atoms with van der Waals surface area (Å²) in [5, 5.41) is 0. The second kappa shape index (κ2) is 4.37. The van der Waals surface area contributed by atoms with Crippen molar-refractivity contribution in [1.29, 1.82) is 0 Å². The molecule has 2 saturated heterocycles. The zero-order chi connectivity index (χ0) is 10.9. The fraction of sp³-hybridized carbons (Fsp3) is 1.00. The molecule has 6 heteroatoms. The average molecular weight is 235 g/mol. The van der Waals surface area contributed by atoms with Crippen LogP contribution in [0.15, 0.2) is 0 Å². The molecule has 2 heterocycles. The predicted octanol–water partition coefficient (Wildman–Crippen LogP) is -0.489. The fourth-order valence-corrected chi connectivity index (χ4v) is 3.55. The van der Waals surface area contributed by atoms with Gasteiger partial charge >= 0.3 is 0 Å². The Kier molecular flexibility index (Phi) is 3.30. The highest BCUT2D eigenvalue weighted by Crippen LogP contribution is 2.28. The first-order chi connectivity index (χ1) is 7.11. The van der Waals surface area contributed by atoms with E-state index < -0.39 is 9.84 Å². The quantitative estimate of drug-likeness (QED) is 0.699. The Hall–Kier alpha value is -0.170. The molecule has 5 nitrogen and oxygen atoms in total. The normalized spacial score (nSPS) is 36.9. The lowest BCUT2D eigenvalue weighted by atomic mass is 10.0. The Morgan fingerprint density at radius 3 is 2.47 bits per heavy atom. The van der Waals surface area contributed by atoms with Gasteiger partial charge in [-0.1, -0.05) is 0 Å². The molecule has 2 rings (SSSR count). The second-order valence-corrected chi connectivity index (χ2v) is 6.49. The van der Waals surface area contributed by atoms with Crippen molar-refractivity contribution in [3.8, 4) is 0 Å². The lowest BCUT2D eigenvalue weighted by Crippen LogP contribution is -2.32. The number of hydrogen-bond acceptors (Lipinski definition) is 5. The van der Waals surface area contributed by atoms with Gasteiger partial charge < -0.3 is 15.2 Å². The maximum Gasteiger partial charge on any atom is 0.161 e. The second-order valence-electron chi connectivity index (χ2n) is 4.18. The molecule has 0 aromatic rings. The molecule has 88 valence electrons. The van der Waals surface area contributed by atoms with Crippen LogP contribution in [0.25, 0.3) is 0 Å². The standard InChI is InChI=1S/C9H17NO4S/c10-5-8-6-13-9(14-8)7-1-3-15(11,12)4-2-7/h7-9H,1-6,10H2. The van der Waals surface area contributed by atoms with E-state index in [0.29, 0.717) is 26.0 Å². The summed E-state index contributed by atoms with van der Waals surface area (Å²) < 4.78 is 33.5. The first-order valence-electron chi connectivity index (χ1n) is 5.28. The van der Waals surface area contributed by atoms with E-state index in [0.717, 1.165) is 0 Å². The third-order valence-electron chi connectivity index (χ3n) is 3.02. The molecule has 0 bridgehead atoms. The minimum absolute atomic E-state index is 0.0199. The average Bonchev–Trinajstić information content (AvgIpc) is 2.66. The zero-order valence-corrected chi connectivity index (χ0v) is 9.41. The first-order valence-corrected chi connectivity index (χ1v) is 7.10. The molecule has 0 aromatic heterocycles. The molecular weight excluding hydrogens is 218 g/mol. The molecule has 0 aromatic carbocycles. The first kappa shape index (κ1) is 11.3. The summed E-state index contributed by atoms with van der Waals surface area (Å²) in [4.78, 5) is 0.